The number of ether oxygens (including phenoxy) is 2. The molecule has 0 heterocycles. The molecule has 1 atom stereocenters. The first-order valence-electron chi connectivity index (χ1n) is 8.17. The summed E-state index contributed by atoms with van der Waals surface area (Å²) in [6.07, 6.45) is 0. The normalized spacial score (nSPS) is 11.9. The van der Waals surface area contributed by atoms with Gasteiger partial charge in [0.2, 0.25) is 6.04 Å². The average molecular weight is 424 g/mol. The number of rotatable bonds is 7. The zero-order valence-corrected chi connectivity index (χ0v) is 17.3. The number of carbonyl (C=O) groups is 2. The Hall–Kier alpha value is -2.64. The van der Waals surface area contributed by atoms with Gasteiger partial charge in [-0.3, -0.25) is 9.59 Å². The van der Waals surface area contributed by atoms with E-state index < -0.39 is 17.7 Å². The maximum atomic E-state index is 12.8. The van der Waals surface area contributed by atoms with Gasteiger partial charge >= 0.3 is 0 Å². The Bertz CT molecular complexity index is 896. The summed E-state index contributed by atoms with van der Waals surface area (Å²) in [5, 5.41) is 8.20. The number of amides is 1. The van der Waals surface area contributed by atoms with Crippen LogP contribution < -0.4 is 13.9 Å². The number of hydrogen-bond donors (Lipinski definition) is 0. The van der Waals surface area contributed by atoms with E-state index in [1.807, 2.05) is 13.0 Å². The highest BCUT2D eigenvalue weighted by atomic mass is 35.5. The number of Topliss-reactive ketones (excluding diaryl/α,β-unsaturated/α-hetero) is 1. The number of anilines is 1. The number of halogens is 2. The molecule has 1 unspecified atom stereocenters. The number of hydrogen-bond acceptors (Lipinski definition) is 6. The summed E-state index contributed by atoms with van der Waals surface area (Å²) < 4.78 is 11.1. The lowest BCUT2D eigenvalue weighted by atomic mass is 10.2. The van der Waals surface area contributed by atoms with Gasteiger partial charge < -0.3 is 9.47 Å². The number of benzene rings is 2. The van der Waals surface area contributed by atoms with Gasteiger partial charge in [0.25, 0.3) is 5.91 Å². The third-order valence-corrected chi connectivity index (χ3v) is 4.44. The van der Waals surface area contributed by atoms with Crippen molar-refractivity contribution in [1.82, 2.24) is 0 Å². The van der Waals surface area contributed by atoms with Gasteiger partial charge in [-0.1, -0.05) is 17.7 Å². The van der Waals surface area contributed by atoms with E-state index in [1.54, 1.807) is 18.2 Å². The van der Waals surface area contributed by atoms with Gasteiger partial charge in [-0.2, -0.15) is 10.2 Å². The molecule has 0 radical (unpaired) electrons. The molecule has 0 aliphatic heterocycles. The quantitative estimate of drug-likeness (QED) is 0.360. The van der Waals surface area contributed by atoms with Crippen LogP contribution in [0.15, 0.2) is 46.6 Å². The van der Waals surface area contributed by atoms with Crippen LogP contribution in [0.1, 0.15) is 12.5 Å². The second kappa shape index (κ2) is 9.52. The van der Waals surface area contributed by atoms with Crippen LogP contribution in [-0.2, 0) is 9.59 Å². The molecule has 0 aromatic heterocycles. The van der Waals surface area contributed by atoms with Gasteiger partial charge in [0, 0.05) is 30.0 Å². The Morgan fingerprint density at radius 1 is 1.07 bits per heavy atom. The van der Waals surface area contributed by atoms with Crippen molar-refractivity contribution < 1.29 is 19.1 Å². The van der Waals surface area contributed by atoms with E-state index in [9.17, 15) is 9.59 Å². The number of nitrogens with zero attached hydrogens (tertiary/aromatic N) is 3. The summed E-state index contributed by atoms with van der Waals surface area (Å²) in [4.78, 5) is 24.8. The molecule has 0 aliphatic carbocycles. The molecule has 0 fully saturated rings. The van der Waals surface area contributed by atoms with Crippen molar-refractivity contribution in [2.45, 2.75) is 19.9 Å². The third kappa shape index (κ3) is 5.21. The van der Waals surface area contributed by atoms with E-state index in [0.717, 1.165) is 9.98 Å². The first kappa shape index (κ1) is 21.7. The molecule has 1 amide bonds. The summed E-state index contributed by atoms with van der Waals surface area (Å²) in [5.74, 6) is -0.421. The van der Waals surface area contributed by atoms with Crippen molar-refractivity contribution in [1.29, 1.82) is 0 Å². The Morgan fingerprint density at radius 3 is 2.21 bits per heavy atom. The van der Waals surface area contributed by atoms with Crippen molar-refractivity contribution in [2.75, 3.05) is 18.6 Å². The predicted octanol–water partition coefficient (Wildman–Crippen LogP) is 4.89. The highest BCUT2D eigenvalue weighted by Gasteiger charge is 2.29. The number of methoxy groups -OCH3 is 2. The van der Waals surface area contributed by atoms with Gasteiger partial charge in [0.05, 0.1) is 24.9 Å². The summed E-state index contributed by atoms with van der Waals surface area (Å²) in [7, 11) is 2.94. The number of azo groups is 1. The standard InChI is InChI=1S/C19H19Cl2N3O4/c1-11-5-6-16(20)17(7-11)22-23-18(12(2)25)19(26)24(21)13-8-14(27-3)10-15(9-13)28-4/h5-10,18H,1-4H3. The molecule has 2 rings (SSSR count). The monoisotopic (exact) mass is 423 g/mol. The lowest BCUT2D eigenvalue weighted by Crippen LogP contribution is -2.36. The zero-order valence-electron chi connectivity index (χ0n) is 15.8. The van der Waals surface area contributed by atoms with Gasteiger partial charge in [0.1, 0.15) is 17.2 Å². The highest BCUT2D eigenvalue weighted by Crippen LogP contribution is 2.31. The second-order valence-electron chi connectivity index (χ2n) is 5.87. The van der Waals surface area contributed by atoms with Crippen LogP contribution in [0.4, 0.5) is 11.4 Å². The molecule has 0 spiro atoms. The van der Waals surface area contributed by atoms with Crippen molar-refractivity contribution in [3.05, 3.63) is 47.0 Å². The second-order valence-corrected chi connectivity index (χ2v) is 6.62. The number of aryl methyl sites for hydroxylation is 1. The van der Waals surface area contributed by atoms with Crippen LogP contribution in [0.3, 0.4) is 0 Å². The summed E-state index contributed by atoms with van der Waals surface area (Å²) in [6, 6.07) is 8.42. The molecule has 0 bridgehead atoms. The Balaban J connectivity index is 2.33. The molecule has 0 aliphatic rings. The molecule has 0 N–H and O–H groups in total. The minimum atomic E-state index is -1.42. The van der Waals surface area contributed by atoms with Crippen LogP contribution in [-0.4, -0.2) is 32.0 Å². The molecular formula is C19H19Cl2N3O4. The lowest BCUT2D eigenvalue weighted by Gasteiger charge is -2.18. The number of carbonyl (C=O) groups excluding carboxylic acids is 2. The van der Waals surface area contributed by atoms with Crippen molar-refractivity contribution in [3.63, 3.8) is 0 Å². The van der Waals surface area contributed by atoms with Crippen LogP contribution in [0.25, 0.3) is 0 Å². The third-order valence-electron chi connectivity index (χ3n) is 3.76. The molecule has 28 heavy (non-hydrogen) atoms. The first-order valence-corrected chi connectivity index (χ1v) is 8.88. The van der Waals surface area contributed by atoms with Gasteiger partial charge in [-0.25, -0.2) is 4.42 Å². The fraction of sp³-hybridized carbons (Fsp3) is 0.263. The average Bonchev–Trinajstić information content (AvgIpc) is 2.69. The predicted molar refractivity (Wildman–Crippen MR) is 108 cm³/mol. The largest absolute Gasteiger partial charge is 0.497 e. The Morgan fingerprint density at radius 2 is 1.68 bits per heavy atom. The smallest absolute Gasteiger partial charge is 0.276 e. The molecule has 148 valence electrons. The highest BCUT2D eigenvalue weighted by molar-refractivity contribution is 6.39. The Kier molecular flexibility index (Phi) is 7.37. The summed E-state index contributed by atoms with van der Waals surface area (Å²) in [6.45, 7) is 3.09. The fourth-order valence-corrected chi connectivity index (χ4v) is 2.61. The molecule has 9 heteroatoms. The molecular weight excluding hydrogens is 405 g/mol. The van der Waals surface area contributed by atoms with E-state index in [4.69, 9.17) is 32.9 Å². The summed E-state index contributed by atoms with van der Waals surface area (Å²) >= 11 is 12.3. The van der Waals surface area contributed by atoms with E-state index in [-0.39, 0.29) is 5.69 Å². The van der Waals surface area contributed by atoms with Crippen LogP contribution in [0.5, 0.6) is 11.5 Å². The van der Waals surface area contributed by atoms with Crippen LogP contribution in [0, 0.1) is 6.92 Å². The van der Waals surface area contributed by atoms with Crippen LogP contribution >= 0.6 is 23.4 Å². The molecule has 0 saturated heterocycles. The maximum absolute atomic E-state index is 12.8. The van der Waals surface area contributed by atoms with Crippen LogP contribution in [0.2, 0.25) is 5.02 Å². The van der Waals surface area contributed by atoms with E-state index in [1.165, 1.54) is 33.3 Å². The molecule has 2 aromatic carbocycles. The maximum Gasteiger partial charge on any atom is 0.276 e. The topological polar surface area (TPSA) is 80.6 Å². The lowest BCUT2D eigenvalue weighted by molar-refractivity contribution is -0.126. The Labute approximate surface area is 173 Å². The summed E-state index contributed by atoms with van der Waals surface area (Å²) in [5.41, 5.74) is 1.52. The minimum absolute atomic E-state index is 0.262. The first-order chi connectivity index (χ1) is 13.3. The molecule has 2 aromatic rings. The van der Waals surface area contributed by atoms with Gasteiger partial charge in [-0.05, 0) is 31.5 Å². The van der Waals surface area contributed by atoms with Gasteiger partial charge in [0.15, 0.2) is 5.78 Å². The fourth-order valence-electron chi connectivity index (χ4n) is 2.26. The molecule has 0 saturated carbocycles. The van der Waals surface area contributed by atoms with E-state index in [2.05, 4.69) is 10.2 Å². The SMILES string of the molecule is COc1cc(OC)cc(N(Cl)C(=O)C(N=Nc2cc(C)ccc2Cl)C(C)=O)c1. The van der Waals surface area contributed by atoms with Crippen molar-refractivity contribution in [2.24, 2.45) is 10.2 Å². The van der Waals surface area contributed by atoms with Gasteiger partial charge in [-0.15, -0.1) is 0 Å². The molecule has 7 nitrogen and oxygen atoms in total. The zero-order chi connectivity index (χ0) is 20.8. The minimum Gasteiger partial charge on any atom is -0.497 e. The van der Waals surface area contributed by atoms with E-state index >= 15 is 0 Å². The van der Waals surface area contributed by atoms with E-state index in [0.29, 0.717) is 22.2 Å². The van der Waals surface area contributed by atoms with Crippen molar-refractivity contribution in [3.8, 4) is 11.5 Å². The number of ketones is 1. The van der Waals surface area contributed by atoms with Crippen molar-refractivity contribution >= 4 is 46.4 Å².